The van der Waals surface area contributed by atoms with Crippen LogP contribution in [0.2, 0.25) is 0 Å². The number of unbranched alkanes of at least 4 members (excludes halogenated alkanes) is 1. The predicted octanol–water partition coefficient (Wildman–Crippen LogP) is 2.29. The average molecular weight is 276 g/mol. The van der Waals surface area contributed by atoms with Crippen molar-refractivity contribution < 1.29 is 14.7 Å². The lowest BCUT2D eigenvalue weighted by molar-refractivity contribution is -0.137. The molecule has 1 aromatic carbocycles. The van der Waals surface area contributed by atoms with Gasteiger partial charge in [0.15, 0.2) is 0 Å². The van der Waals surface area contributed by atoms with E-state index in [1.165, 1.54) is 0 Å². The Kier molecular flexibility index (Phi) is 6.29. The first kappa shape index (κ1) is 15.8. The van der Waals surface area contributed by atoms with Crippen molar-refractivity contribution in [1.82, 2.24) is 5.32 Å². The summed E-state index contributed by atoms with van der Waals surface area (Å²) in [5.74, 6) is -0.987. The molecule has 0 radical (unpaired) electrons. The fourth-order valence-electron chi connectivity index (χ4n) is 1.80. The lowest BCUT2D eigenvalue weighted by Gasteiger charge is -2.08. The number of nitrogens with one attached hydrogen (secondary N) is 1. The van der Waals surface area contributed by atoms with Crippen molar-refractivity contribution in [1.29, 1.82) is 0 Å². The van der Waals surface area contributed by atoms with Gasteiger partial charge in [-0.15, -0.1) is 0 Å². The molecule has 0 aliphatic carbocycles. The van der Waals surface area contributed by atoms with Gasteiger partial charge in [-0.1, -0.05) is 12.2 Å². The molecule has 108 valence electrons. The van der Waals surface area contributed by atoms with E-state index in [2.05, 4.69) is 5.32 Å². The van der Waals surface area contributed by atoms with Crippen LogP contribution < -0.4 is 11.1 Å². The van der Waals surface area contributed by atoms with Gasteiger partial charge in [0.05, 0.1) is 0 Å². The summed E-state index contributed by atoms with van der Waals surface area (Å²) < 4.78 is 0. The van der Waals surface area contributed by atoms with Crippen LogP contribution in [0.25, 0.3) is 6.08 Å². The fourth-order valence-corrected chi connectivity index (χ4v) is 1.80. The van der Waals surface area contributed by atoms with Crippen LogP contribution in [0.1, 0.15) is 42.1 Å². The summed E-state index contributed by atoms with van der Waals surface area (Å²) in [4.78, 5) is 22.4. The minimum Gasteiger partial charge on any atom is -0.481 e. The topological polar surface area (TPSA) is 92.4 Å². The number of aliphatic carboxylic acids is 1. The molecule has 20 heavy (non-hydrogen) atoms. The van der Waals surface area contributed by atoms with Gasteiger partial charge in [-0.2, -0.15) is 0 Å². The zero-order valence-electron chi connectivity index (χ0n) is 11.6. The molecule has 0 heterocycles. The van der Waals surface area contributed by atoms with Crippen molar-refractivity contribution in [2.75, 3.05) is 12.3 Å². The first-order valence-corrected chi connectivity index (χ1v) is 6.57. The molecule has 5 heteroatoms. The van der Waals surface area contributed by atoms with Crippen molar-refractivity contribution in [3.8, 4) is 0 Å². The van der Waals surface area contributed by atoms with Gasteiger partial charge in [-0.25, -0.2) is 0 Å². The molecular formula is C15H20N2O3. The van der Waals surface area contributed by atoms with Gasteiger partial charge in [0.25, 0.3) is 5.91 Å². The van der Waals surface area contributed by atoms with Crippen LogP contribution in [-0.2, 0) is 4.79 Å². The highest BCUT2D eigenvalue weighted by molar-refractivity contribution is 5.98. The average Bonchev–Trinajstić information content (AvgIpc) is 2.38. The van der Waals surface area contributed by atoms with Crippen LogP contribution in [0.5, 0.6) is 0 Å². The van der Waals surface area contributed by atoms with E-state index in [0.717, 1.165) is 5.56 Å². The van der Waals surface area contributed by atoms with Crippen LogP contribution in [0.3, 0.4) is 0 Å². The molecule has 0 bridgehead atoms. The first-order valence-electron chi connectivity index (χ1n) is 6.57. The first-order chi connectivity index (χ1) is 9.54. The van der Waals surface area contributed by atoms with E-state index in [1.54, 1.807) is 18.2 Å². The normalized spacial score (nSPS) is 10.7. The van der Waals surface area contributed by atoms with Gasteiger partial charge < -0.3 is 16.2 Å². The van der Waals surface area contributed by atoms with E-state index in [4.69, 9.17) is 10.8 Å². The smallest absolute Gasteiger partial charge is 0.303 e. The molecule has 0 unspecified atom stereocenters. The quantitative estimate of drug-likeness (QED) is 0.526. The van der Waals surface area contributed by atoms with E-state index < -0.39 is 5.97 Å². The van der Waals surface area contributed by atoms with Gasteiger partial charge in [-0.05, 0) is 43.5 Å². The molecule has 1 amide bonds. The lowest BCUT2D eigenvalue weighted by Crippen LogP contribution is -2.25. The predicted molar refractivity (Wildman–Crippen MR) is 79.4 cm³/mol. The molecule has 0 aromatic heterocycles. The van der Waals surface area contributed by atoms with Crippen LogP contribution in [-0.4, -0.2) is 23.5 Å². The largest absolute Gasteiger partial charge is 0.481 e. The molecule has 0 aliphatic heterocycles. The summed E-state index contributed by atoms with van der Waals surface area (Å²) in [5.41, 5.74) is 7.65. The maximum Gasteiger partial charge on any atom is 0.303 e. The number of hydrogen-bond donors (Lipinski definition) is 3. The van der Waals surface area contributed by atoms with Crippen molar-refractivity contribution in [3.63, 3.8) is 0 Å². The molecule has 0 fully saturated rings. The van der Waals surface area contributed by atoms with Gasteiger partial charge in [-0.3, -0.25) is 9.59 Å². The van der Waals surface area contributed by atoms with Crippen LogP contribution in [0.4, 0.5) is 5.69 Å². The molecule has 1 rings (SSSR count). The van der Waals surface area contributed by atoms with Crippen LogP contribution in [0, 0.1) is 0 Å². The number of anilines is 1. The number of benzene rings is 1. The second-order valence-electron chi connectivity index (χ2n) is 4.45. The van der Waals surface area contributed by atoms with Crippen LogP contribution >= 0.6 is 0 Å². The summed E-state index contributed by atoms with van der Waals surface area (Å²) in [6, 6.07) is 5.13. The number of amides is 1. The maximum absolute atomic E-state index is 12.0. The van der Waals surface area contributed by atoms with Crippen LogP contribution in [0.15, 0.2) is 24.3 Å². The number of rotatable bonds is 7. The van der Waals surface area contributed by atoms with Crippen molar-refractivity contribution in [2.45, 2.75) is 26.2 Å². The zero-order valence-corrected chi connectivity index (χ0v) is 11.6. The Hall–Kier alpha value is -2.30. The van der Waals surface area contributed by atoms with Crippen molar-refractivity contribution in [3.05, 3.63) is 35.4 Å². The van der Waals surface area contributed by atoms with Gasteiger partial charge >= 0.3 is 5.97 Å². The molecule has 1 aromatic rings. The zero-order chi connectivity index (χ0) is 15.0. The van der Waals surface area contributed by atoms with Gasteiger partial charge in [0.1, 0.15) is 0 Å². The maximum atomic E-state index is 12.0. The monoisotopic (exact) mass is 276 g/mol. The molecule has 0 saturated carbocycles. The van der Waals surface area contributed by atoms with Crippen molar-refractivity contribution in [2.24, 2.45) is 0 Å². The Morgan fingerprint density at radius 1 is 1.35 bits per heavy atom. The second-order valence-corrected chi connectivity index (χ2v) is 4.45. The number of carboxylic acids is 1. The summed E-state index contributed by atoms with van der Waals surface area (Å²) in [6.45, 7) is 2.34. The third kappa shape index (κ3) is 5.14. The Balaban J connectivity index is 2.57. The Morgan fingerprint density at radius 3 is 2.75 bits per heavy atom. The lowest BCUT2D eigenvalue weighted by atomic mass is 10.1. The number of hydrogen-bond acceptors (Lipinski definition) is 3. The molecule has 5 nitrogen and oxygen atoms in total. The minimum absolute atomic E-state index is 0.127. The molecule has 4 N–H and O–H groups in total. The SMILES string of the molecule is C/C=C/c1cc(N)ccc1C(=O)NCCCCC(=O)O. The summed E-state index contributed by atoms with van der Waals surface area (Å²) in [5, 5.41) is 11.3. The Morgan fingerprint density at radius 2 is 2.10 bits per heavy atom. The van der Waals surface area contributed by atoms with E-state index in [0.29, 0.717) is 30.6 Å². The highest BCUT2D eigenvalue weighted by atomic mass is 16.4. The molecule has 0 aliphatic rings. The molecule has 0 spiro atoms. The standard InChI is InChI=1S/C15H20N2O3/c1-2-5-11-10-12(16)7-8-13(11)15(20)17-9-4-3-6-14(18)19/h2,5,7-8,10H,3-4,6,9,16H2,1H3,(H,17,20)(H,18,19)/b5-2+. The number of nitrogens with two attached hydrogens (primary N) is 1. The van der Waals surface area contributed by atoms with Gasteiger partial charge in [0, 0.05) is 24.2 Å². The Labute approximate surface area is 118 Å². The third-order valence-electron chi connectivity index (χ3n) is 2.77. The summed E-state index contributed by atoms with van der Waals surface area (Å²) in [6.07, 6.45) is 5.00. The Bertz CT molecular complexity index is 510. The number of nitrogen functional groups attached to an aromatic ring is 1. The van der Waals surface area contributed by atoms with E-state index in [9.17, 15) is 9.59 Å². The van der Waals surface area contributed by atoms with E-state index in [1.807, 2.05) is 19.1 Å². The third-order valence-corrected chi connectivity index (χ3v) is 2.77. The number of allylic oxidation sites excluding steroid dienone is 1. The molecular weight excluding hydrogens is 256 g/mol. The highest BCUT2D eigenvalue weighted by Crippen LogP contribution is 2.15. The molecule has 0 atom stereocenters. The van der Waals surface area contributed by atoms with Gasteiger partial charge in [0.2, 0.25) is 0 Å². The number of carbonyl (C=O) groups is 2. The second kappa shape index (κ2) is 7.99. The fraction of sp³-hybridized carbons (Fsp3) is 0.333. The van der Waals surface area contributed by atoms with E-state index in [-0.39, 0.29) is 12.3 Å². The number of carboxylic acid groups (broad SMARTS) is 1. The number of carbonyl (C=O) groups excluding carboxylic acids is 1. The summed E-state index contributed by atoms with van der Waals surface area (Å²) >= 11 is 0. The van der Waals surface area contributed by atoms with E-state index >= 15 is 0 Å². The summed E-state index contributed by atoms with van der Waals surface area (Å²) in [7, 11) is 0. The molecule has 0 saturated heterocycles. The minimum atomic E-state index is -0.815. The highest BCUT2D eigenvalue weighted by Gasteiger charge is 2.09. The van der Waals surface area contributed by atoms with Crippen molar-refractivity contribution >= 4 is 23.6 Å².